The van der Waals surface area contributed by atoms with Crippen molar-refractivity contribution >= 4 is 21.7 Å². The molecule has 2 atom stereocenters. The SMILES string of the molecule is COc1ccc(CN(C)[C@H]2CN(c3ccc(Br)cn3)C[C@@H]2O)cc1OC. The van der Waals surface area contributed by atoms with Crippen molar-refractivity contribution in [3.8, 4) is 11.5 Å². The highest BCUT2D eigenvalue weighted by Crippen LogP contribution is 2.29. The van der Waals surface area contributed by atoms with Gasteiger partial charge < -0.3 is 19.5 Å². The van der Waals surface area contributed by atoms with Crippen molar-refractivity contribution in [3.63, 3.8) is 0 Å². The second-order valence-corrected chi connectivity index (χ2v) is 7.39. The number of rotatable bonds is 6. The van der Waals surface area contributed by atoms with E-state index in [9.17, 15) is 5.11 Å². The third kappa shape index (κ3) is 4.11. The number of aromatic nitrogens is 1. The molecule has 0 aliphatic carbocycles. The fourth-order valence-corrected chi connectivity index (χ4v) is 3.56. The van der Waals surface area contributed by atoms with E-state index in [1.54, 1.807) is 20.4 Å². The zero-order valence-corrected chi connectivity index (χ0v) is 16.8. The molecule has 1 aliphatic rings. The van der Waals surface area contributed by atoms with Crippen LogP contribution in [-0.4, -0.2) is 61.5 Å². The summed E-state index contributed by atoms with van der Waals surface area (Å²) in [4.78, 5) is 8.72. The van der Waals surface area contributed by atoms with E-state index in [4.69, 9.17) is 9.47 Å². The van der Waals surface area contributed by atoms with Crippen LogP contribution < -0.4 is 14.4 Å². The summed E-state index contributed by atoms with van der Waals surface area (Å²) < 4.78 is 11.6. The first kappa shape index (κ1) is 18.9. The Kier molecular flexibility index (Phi) is 6.01. The number of nitrogens with zero attached hydrogens (tertiary/aromatic N) is 3. The Bertz CT molecular complexity index is 741. The Morgan fingerprint density at radius 3 is 2.62 bits per heavy atom. The molecule has 1 aromatic heterocycles. The molecule has 26 heavy (non-hydrogen) atoms. The lowest BCUT2D eigenvalue weighted by atomic mass is 10.1. The molecule has 2 heterocycles. The van der Waals surface area contributed by atoms with E-state index >= 15 is 0 Å². The molecular weight excluding hydrogens is 398 g/mol. The lowest BCUT2D eigenvalue weighted by molar-refractivity contribution is 0.0956. The van der Waals surface area contributed by atoms with Gasteiger partial charge in [-0.25, -0.2) is 4.98 Å². The first-order chi connectivity index (χ1) is 12.5. The molecule has 1 fully saturated rings. The molecular formula is C19H24BrN3O3. The molecule has 1 N–H and O–H groups in total. The average Bonchev–Trinajstić information content (AvgIpc) is 3.04. The van der Waals surface area contributed by atoms with Gasteiger partial charge in [0.05, 0.1) is 26.4 Å². The van der Waals surface area contributed by atoms with Gasteiger partial charge in [0.25, 0.3) is 0 Å². The number of aliphatic hydroxyl groups is 1. The monoisotopic (exact) mass is 421 g/mol. The van der Waals surface area contributed by atoms with Crippen molar-refractivity contribution in [1.29, 1.82) is 0 Å². The molecule has 0 amide bonds. The lowest BCUT2D eigenvalue weighted by Gasteiger charge is -2.26. The smallest absolute Gasteiger partial charge is 0.161 e. The number of pyridine rings is 1. The number of hydrogen-bond acceptors (Lipinski definition) is 6. The largest absolute Gasteiger partial charge is 0.493 e. The summed E-state index contributed by atoms with van der Waals surface area (Å²) >= 11 is 3.40. The minimum Gasteiger partial charge on any atom is -0.493 e. The highest BCUT2D eigenvalue weighted by Gasteiger charge is 2.34. The van der Waals surface area contributed by atoms with Crippen LogP contribution in [0.1, 0.15) is 5.56 Å². The number of likely N-dealkylation sites (N-methyl/N-ethyl adjacent to an activating group) is 1. The molecule has 1 aliphatic heterocycles. The van der Waals surface area contributed by atoms with Gasteiger partial charge in [-0.15, -0.1) is 0 Å². The molecule has 2 aromatic rings. The Morgan fingerprint density at radius 1 is 1.19 bits per heavy atom. The van der Waals surface area contributed by atoms with Crippen LogP contribution in [0.2, 0.25) is 0 Å². The van der Waals surface area contributed by atoms with E-state index in [-0.39, 0.29) is 6.04 Å². The normalized spacial score (nSPS) is 19.8. The van der Waals surface area contributed by atoms with Crippen LogP contribution in [0.4, 0.5) is 5.82 Å². The number of ether oxygens (including phenoxy) is 2. The van der Waals surface area contributed by atoms with Crippen LogP contribution >= 0.6 is 15.9 Å². The molecule has 7 heteroatoms. The van der Waals surface area contributed by atoms with Gasteiger partial charge >= 0.3 is 0 Å². The van der Waals surface area contributed by atoms with Gasteiger partial charge in [-0.3, -0.25) is 4.90 Å². The highest BCUT2D eigenvalue weighted by molar-refractivity contribution is 9.10. The fraction of sp³-hybridized carbons (Fsp3) is 0.421. The van der Waals surface area contributed by atoms with Crippen molar-refractivity contribution in [1.82, 2.24) is 9.88 Å². The molecule has 0 bridgehead atoms. The minimum absolute atomic E-state index is 0.0357. The van der Waals surface area contributed by atoms with Gasteiger partial charge in [0.1, 0.15) is 5.82 Å². The highest BCUT2D eigenvalue weighted by atomic mass is 79.9. The summed E-state index contributed by atoms with van der Waals surface area (Å²) in [5, 5.41) is 10.5. The Balaban J connectivity index is 1.68. The number of hydrogen-bond donors (Lipinski definition) is 1. The van der Waals surface area contributed by atoms with Gasteiger partial charge in [0, 0.05) is 30.3 Å². The van der Waals surface area contributed by atoms with Crippen molar-refractivity contribution in [3.05, 3.63) is 46.6 Å². The van der Waals surface area contributed by atoms with E-state index in [0.29, 0.717) is 24.6 Å². The molecule has 0 saturated carbocycles. The summed E-state index contributed by atoms with van der Waals surface area (Å²) in [6.07, 6.45) is 1.35. The second kappa shape index (κ2) is 8.24. The Labute approximate surface area is 162 Å². The predicted molar refractivity (Wildman–Crippen MR) is 105 cm³/mol. The number of halogens is 1. The zero-order valence-electron chi connectivity index (χ0n) is 15.2. The van der Waals surface area contributed by atoms with E-state index in [2.05, 4.69) is 30.7 Å². The van der Waals surface area contributed by atoms with Gasteiger partial charge in [-0.1, -0.05) is 6.07 Å². The topological polar surface area (TPSA) is 58.1 Å². The van der Waals surface area contributed by atoms with Gasteiger partial charge in [0.2, 0.25) is 0 Å². The standard InChI is InChI=1S/C19H24BrN3O3/c1-22(10-13-4-6-17(25-2)18(8-13)26-3)15-11-23(12-16(15)24)19-7-5-14(20)9-21-19/h4-9,15-16,24H,10-12H2,1-3H3/t15-,16-/m0/s1. The quantitative estimate of drug-likeness (QED) is 0.773. The summed E-state index contributed by atoms with van der Waals surface area (Å²) in [6, 6.07) is 9.87. The molecule has 0 unspecified atom stereocenters. The summed E-state index contributed by atoms with van der Waals surface area (Å²) in [7, 11) is 5.29. The molecule has 1 saturated heterocycles. The molecule has 0 radical (unpaired) electrons. The van der Waals surface area contributed by atoms with E-state index in [1.165, 1.54) is 0 Å². The maximum atomic E-state index is 10.5. The fourth-order valence-electron chi connectivity index (χ4n) is 3.33. The van der Waals surface area contributed by atoms with Crippen LogP contribution in [0, 0.1) is 0 Å². The van der Waals surface area contributed by atoms with Crippen LogP contribution in [0.3, 0.4) is 0 Å². The third-order valence-corrected chi connectivity index (χ3v) is 5.21. The van der Waals surface area contributed by atoms with Crippen molar-refractivity contribution in [2.45, 2.75) is 18.7 Å². The molecule has 1 aromatic carbocycles. The minimum atomic E-state index is -0.425. The lowest BCUT2D eigenvalue weighted by Crippen LogP contribution is -2.40. The summed E-state index contributed by atoms with van der Waals surface area (Å²) in [6.45, 7) is 2.03. The third-order valence-electron chi connectivity index (χ3n) is 4.74. The van der Waals surface area contributed by atoms with E-state index in [1.807, 2.05) is 37.4 Å². The molecule has 0 spiro atoms. The predicted octanol–water partition coefficient (Wildman–Crippen LogP) is 2.54. The van der Waals surface area contributed by atoms with Crippen molar-refractivity contribution < 1.29 is 14.6 Å². The van der Waals surface area contributed by atoms with Crippen molar-refractivity contribution in [2.75, 3.05) is 39.3 Å². The zero-order chi connectivity index (χ0) is 18.7. The summed E-state index contributed by atoms with van der Waals surface area (Å²) in [5.74, 6) is 2.31. The maximum Gasteiger partial charge on any atom is 0.161 e. The van der Waals surface area contributed by atoms with Crippen LogP contribution in [0.25, 0.3) is 0 Å². The van der Waals surface area contributed by atoms with Crippen molar-refractivity contribution in [2.24, 2.45) is 0 Å². The number of benzene rings is 1. The average molecular weight is 422 g/mol. The van der Waals surface area contributed by atoms with E-state index in [0.717, 1.165) is 22.4 Å². The first-order valence-electron chi connectivity index (χ1n) is 8.47. The maximum absolute atomic E-state index is 10.5. The Morgan fingerprint density at radius 2 is 1.96 bits per heavy atom. The molecule has 3 rings (SSSR count). The second-order valence-electron chi connectivity index (χ2n) is 6.48. The Hall–Kier alpha value is -1.83. The number of anilines is 1. The van der Waals surface area contributed by atoms with Crippen LogP contribution in [0.15, 0.2) is 41.0 Å². The number of aliphatic hydroxyl groups excluding tert-OH is 1. The number of β-amino-alcohol motifs (C(OH)–C–C–N with tert-alkyl or cyclic N) is 1. The van der Waals surface area contributed by atoms with Gasteiger partial charge in [-0.2, -0.15) is 0 Å². The summed E-state index contributed by atoms with van der Waals surface area (Å²) in [5.41, 5.74) is 1.11. The molecule has 6 nitrogen and oxygen atoms in total. The molecule has 140 valence electrons. The van der Waals surface area contributed by atoms with Gasteiger partial charge in [0.15, 0.2) is 11.5 Å². The van der Waals surface area contributed by atoms with E-state index < -0.39 is 6.10 Å². The van der Waals surface area contributed by atoms with Crippen LogP contribution in [-0.2, 0) is 6.54 Å². The first-order valence-corrected chi connectivity index (χ1v) is 9.27. The van der Waals surface area contributed by atoms with Crippen LogP contribution in [0.5, 0.6) is 11.5 Å². The number of methoxy groups -OCH3 is 2. The van der Waals surface area contributed by atoms with Gasteiger partial charge in [-0.05, 0) is 52.8 Å².